The molecule has 0 unspecified atom stereocenters. The fourth-order valence-electron chi connectivity index (χ4n) is 3.42. The zero-order chi connectivity index (χ0) is 22.9. The molecule has 2 heterocycles. The van der Waals surface area contributed by atoms with Crippen molar-refractivity contribution in [3.63, 3.8) is 0 Å². The highest BCUT2D eigenvalue weighted by Crippen LogP contribution is 2.35. The Kier molecular flexibility index (Phi) is 6.36. The minimum Gasteiger partial charge on any atom is -0.462 e. The normalized spacial score (nSPS) is 13.0. The van der Waals surface area contributed by atoms with Gasteiger partial charge in [-0.05, 0) is 67.4 Å². The SMILES string of the molecule is CCOC(=O)c1ccc(NC(=O)c2cccc(S(=O)(=O)N3CCc4cc(Br)ccc43)c2)s1. The van der Waals surface area contributed by atoms with E-state index in [-0.39, 0.29) is 17.1 Å². The van der Waals surface area contributed by atoms with Gasteiger partial charge in [-0.1, -0.05) is 22.0 Å². The number of halogens is 1. The van der Waals surface area contributed by atoms with E-state index in [0.717, 1.165) is 21.4 Å². The zero-order valence-electron chi connectivity index (χ0n) is 17.0. The van der Waals surface area contributed by atoms with Gasteiger partial charge in [0.2, 0.25) is 0 Å². The van der Waals surface area contributed by atoms with Crippen molar-refractivity contribution < 1.29 is 22.7 Å². The fraction of sp³-hybridized carbons (Fsp3) is 0.182. The molecule has 10 heteroatoms. The summed E-state index contributed by atoms with van der Waals surface area (Å²) < 4.78 is 33.8. The summed E-state index contributed by atoms with van der Waals surface area (Å²) in [5, 5.41) is 3.17. The Hall–Kier alpha value is -2.69. The molecule has 2 aromatic carbocycles. The maximum absolute atomic E-state index is 13.3. The Bertz CT molecular complexity index is 1300. The quantitative estimate of drug-likeness (QED) is 0.463. The average Bonchev–Trinajstić information content (AvgIpc) is 3.41. The van der Waals surface area contributed by atoms with E-state index in [2.05, 4.69) is 21.2 Å². The van der Waals surface area contributed by atoms with Crippen LogP contribution in [-0.2, 0) is 21.2 Å². The molecule has 0 bridgehead atoms. The Morgan fingerprint density at radius 2 is 1.97 bits per heavy atom. The summed E-state index contributed by atoms with van der Waals surface area (Å²) in [6.45, 7) is 2.32. The van der Waals surface area contributed by atoms with Crippen LogP contribution in [0.3, 0.4) is 0 Å². The second-order valence-electron chi connectivity index (χ2n) is 6.97. The molecular formula is C22H19BrN2O5S2. The van der Waals surface area contributed by atoms with Crippen LogP contribution in [0.2, 0.25) is 0 Å². The number of thiophene rings is 1. The van der Waals surface area contributed by atoms with E-state index in [1.165, 1.54) is 16.4 Å². The molecule has 0 atom stereocenters. The summed E-state index contributed by atoms with van der Waals surface area (Å²) in [6.07, 6.45) is 0.620. The van der Waals surface area contributed by atoms with Crippen LogP contribution >= 0.6 is 27.3 Å². The molecule has 1 amide bonds. The third-order valence-electron chi connectivity index (χ3n) is 4.90. The molecule has 3 aromatic rings. The van der Waals surface area contributed by atoms with Gasteiger partial charge in [0, 0.05) is 16.6 Å². The topological polar surface area (TPSA) is 92.8 Å². The van der Waals surface area contributed by atoms with Gasteiger partial charge in [0.25, 0.3) is 15.9 Å². The maximum atomic E-state index is 13.3. The molecule has 7 nitrogen and oxygen atoms in total. The molecule has 0 radical (unpaired) electrons. The predicted octanol–water partition coefficient (Wildman–Crippen LogP) is 4.69. The molecular weight excluding hydrogens is 516 g/mol. The molecule has 0 saturated carbocycles. The Labute approximate surface area is 198 Å². The molecule has 0 aliphatic carbocycles. The third kappa shape index (κ3) is 4.43. The third-order valence-corrected chi connectivity index (χ3v) is 8.18. The van der Waals surface area contributed by atoms with Gasteiger partial charge in [-0.15, -0.1) is 11.3 Å². The van der Waals surface area contributed by atoms with Crippen molar-refractivity contribution in [3.8, 4) is 0 Å². The first kappa shape index (κ1) is 22.5. The van der Waals surface area contributed by atoms with Crippen molar-refractivity contribution in [3.05, 3.63) is 75.1 Å². The summed E-state index contributed by atoms with van der Waals surface area (Å²) in [4.78, 5) is 24.9. The van der Waals surface area contributed by atoms with Gasteiger partial charge < -0.3 is 10.1 Å². The molecule has 32 heavy (non-hydrogen) atoms. The number of carbonyl (C=O) groups is 2. The second-order valence-corrected chi connectivity index (χ2v) is 10.8. The number of nitrogens with zero attached hydrogens (tertiary/aromatic N) is 1. The Morgan fingerprint density at radius 3 is 2.75 bits per heavy atom. The van der Waals surface area contributed by atoms with Crippen LogP contribution in [0.1, 0.15) is 32.5 Å². The van der Waals surface area contributed by atoms with Gasteiger partial charge in [0.15, 0.2) is 0 Å². The standard InChI is InChI=1S/C22H19BrN2O5S2/c1-2-30-22(27)19-8-9-20(31-19)24-21(26)15-4-3-5-17(13-15)32(28,29)25-11-10-14-12-16(23)6-7-18(14)25/h3-9,12-13H,2,10-11H2,1H3,(H,24,26). The minimum absolute atomic E-state index is 0.0410. The number of hydrogen-bond acceptors (Lipinski definition) is 6. The van der Waals surface area contributed by atoms with Crippen LogP contribution in [0.5, 0.6) is 0 Å². The van der Waals surface area contributed by atoms with Crippen molar-refractivity contribution in [1.29, 1.82) is 0 Å². The summed E-state index contributed by atoms with van der Waals surface area (Å²) in [6, 6.07) is 14.6. The molecule has 1 aliphatic heterocycles. The van der Waals surface area contributed by atoms with Gasteiger partial charge in [-0.2, -0.15) is 0 Å². The highest BCUT2D eigenvalue weighted by Gasteiger charge is 2.31. The van der Waals surface area contributed by atoms with Gasteiger partial charge in [0.05, 0.1) is 22.2 Å². The van der Waals surface area contributed by atoms with Crippen molar-refractivity contribution in [2.75, 3.05) is 22.8 Å². The number of esters is 1. The van der Waals surface area contributed by atoms with Crippen LogP contribution in [0.15, 0.2) is 64.0 Å². The Morgan fingerprint density at radius 1 is 1.16 bits per heavy atom. The van der Waals surface area contributed by atoms with Crippen molar-refractivity contribution in [1.82, 2.24) is 0 Å². The lowest BCUT2D eigenvalue weighted by Gasteiger charge is -2.20. The monoisotopic (exact) mass is 534 g/mol. The molecule has 1 aromatic heterocycles. The lowest BCUT2D eigenvalue weighted by molar-refractivity contribution is 0.0532. The van der Waals surface area contributed by atoms with E-state index in [4.69, 9.17) is 4.74 Å². The summed E-state index contributed by atoms with van der Waals surface area (Å²) in [7, 11) is -3.83. The van der Waals surface area contributed by atoms with Crippen LogP contribution in [0, 0.1) is 0 Å². The number of benzene rings is 2. The number of ether oxygens (including phenoxy) is 1. The molecule has 166 valence electrons. The lowest BCUT2D eigenvalue weighted by Crippen LogP contribution is -2.29. The molecule has 1 N–H and O–H groups in total. The van der Waals surface area contributed by atoms with E-state index in [1.54, 1.807) is 37.3 Å². The first-order valence-corrected chi connectivity index (χ1v) is 12.8. The number of anilines is 2. The number of fused-ring (bicyclic) bond motifs is 1. The van der Waals surface area contributed by atoms with Crippen LogP contribution in [0.25, 0.3) is 0 Å². The van der Waals surface area contributed by atoms with E-state index in [9.17, 15) is 18.0 Å². The number of rotatable bonds is 6. The molecule has 4 rings (SSSR count). The maximum Gasteiger partial charge on any atom is 0.348 e. The van der Waals surface area contributed by atoms with E-state index >= 15 is 0 Å². The first-order chi connectivity index (χ1) is 15.3. The van der Waals surface area contributed by atoms with Gasteiger partial charge in [0.1, 0.15) is 4.88 Å². The Balaban J connectivity index is 1.55. The fourth-order valence-corrected chi connectivity index (χ4v) is 6.17. The smallest absolute Gasteiger partial charge is 0.348 e. The van der Waals surface area contributed by atoms with Crippen molar-refractivity contribution in [2.45, 2.75) is 18.2 Å². The zero-order valence-corrected chi connectivity index (χ0v) is 20.2. The highest BCUT2D eigenvalue weighted by molar-refractivity contribution is 9.10. The summed E-state index contributed by atoms with van der Waals surface area (Å²) in [5.74, 6) is -0.922. The van der Waals surface area contributed by atoms with Gasteiger partial charge in [-0.25, -0.2) is 13.2 Å². The number of hydrogen-bond donors (Lipinski definition) is 1. The minimum atomic E-state index is -3.83. The number of amides is 1. The first-order valence-electron chi connectivity index (χ1n) is 9.79. The van der Waals surface area contributed by atoms with Crippen LogP contribution in [-0.4, -0.2) is 33.4 Å². The van der Waals surface area contributed by atoms with Crippen LogP contribution in [0.4, 0.5) is 10.7 Å². The number of carbonyl (C=O) groups excluding carboxylic acids is 2. The van der Waals surface area contributed by atoms with E-state index in [1.807, 2.05) is 12.1 Å². The number of nitrogens with one attached hydrogen (secondary N) is 1. The lowest BCUT2D eigenvalue weighted by atomic mass is 10.2. The predicted molar refractivity (Wildman–Crippen MR) is 127 cm³/mol. The summed E-state index contributed by atoms with van der Waals surface area (Å²) >= 11 is 4.50. The molecule has 0 spiro atoms. The largest absolute Gasteiger partial charge is 0.462 e. The molecule has 1 aliphatic rings. The van der Waals surface area contributed by atoms with Crippen molar-refractivity contribution in [2.24, 2.45) is 0 Å². The van der Waals surface area contributed by atoms with Crippen LogP contribution < -0.4 is 9.62 Å². The molecule has 0 fully saturated rings. The highest BCUT2D eigenvalue weighted by atomic mass is 79.9. The summed E-state index contributed by atoms with van der Waals surface area (Å²) in [5.41, 5.74) is 1.80. The van der Waals surface area contributed by atoms with E-state index < -0.39 is 21.9 Å². The van der Waals surface area contributed by atoms with Crippen molar-refractivity contribution >= 4 is 59.9 Å². The average molecular weight is 535 g/mol. The second kappa shape index (κ2) is 9.05. The van der Waals surface area contributed by atoms with Gasteiger partial charge in [-0.3, -0.25) is 9.10 Å². The number of sulfonamides is 1. The van der Waals surface area contributed by atoms with E-state index in [0.29, 0.717) is 28.5 Å². The van der Waals surface area contributed by atoms with Gasteiger partial charge >= 0.3 is 5.97 Å². The molecule has 0 saturated heterocycles.